The third-order valence-electron chi connectivity index (χ3n) is 2.75. The molecule has 7 heteroatoms. The van der Waals surface area contributed by atoms with E-state index in [0.717, 1.165) is 11.9 Å². The Morgan fingerprint density at radius 3 is 2.60 bits per heavy atom. The van der Waals surface area contributed by atoms with Crippen LogP contribution in [0.15, 0.2) is 24.4 Å². The second-order valence-corrected chi connectivity index (χ2v) is 6.75. The van der Waals surface area contributed by atoms with Gasteiger partial charge in [-0.15, -0.1) is 0 Å². The maximum Gasteiger partial charge on any atom is 0.221 e. The van der Waals surface area contributed by atoms with Crippen molar-refractivity contribution in [1.29, 1.82) is 0 Å². The summed E-state index contributed by atoms with van der Waals surface area (Å²) in [5.41, 5.74) is 0.768. The highest BCUT2D eigenvalue weighted by Gasteiger charge is 2.20. The zero-order valence-corrected chi connectivity index (χ0v) is 12.9. The van der Waals surface area contributed by atoms with E-state index in [2.05, 4.69) is 10.3 Å². The fourth-order valence-electron chi connectivity index (χ4n) is 1.80. The van der Waals surface area contributed by atoms with Crippen LogP contribution in [0.1, 0.15) is 26.0 Å². The molecule has 0 saturated carbocycles. The summed E-state index contributed by atoms with van der Waals surface area (Å²) < 4.78 is 24.4. The average molecular weight is 299 g/mol. The molecule has 0 aliphatic carbocycles. The van der Waals surface area contributed by atoms with Crippen LogP contribution in [0.25, 0.3) is 0 Å². The van der Waals surface area contributed by atoms with Gasteiger partial charge in [-0.1, -0.05) is 6.07 Å². The van der Waals surface area contributed by atoms with Gasteiger partial charge in [-0.05, 0) is 26.0 Å². The molecule has 0 saturated heterocycles. The summed E-state index contributed by atoms with van der Waals surface area (Å²) in [6.45, 7) is 4.10. The van der Waals surface area contributed by atoms with Crippen molar-refractivity contribution in [3.8, 4) is 0 Å². The Labute approximate surface area is 120 Å². The minimum Gasteiger partial charge on any atom is -0.350 e. The predicted molar refractivity (Wildman–Crippen MR) is 77.4 cm³/mol. The highest BCUT2D eigenvalue weighted by molar-refractivity contribution is 7.88. The van der Waals surface area contributed by atoms with Gasteiger partial charge >= 0.3 is 0 Å². The molecule has 1 N–H and O–H groups in total. The molecule has 0 unspecified atom stereocenters. The van der Waals surface area contributed by atoms with Crippen LogP contribution in [0, 0.1) is 0 Å². The number of pyridine rings is 1. The molecule has 0 atom stereocenters. The van der Waals surface area contributed by atoms with E-state index >= 15 is 0 Å². The average Bonchev–Trinajstić information content (AvgIpc) is 2.35. The molecule has 0 aliphatic heterocycles. The molecule has 0 radical (unpaired) electrons. The number of nitrogens with one attached hydrogen (secondary N) is 1. The van der Waals surface area contributed by atoms with Crippen LogP contribution in [0.2, 0.25) is 0 Å². The molecule has 0 aromatic carbocycles. The topological polar surface area (TPSA) is 79.4 Å². The first kappa shape index (κ1) is 16.6. The van der Waals surface area contributed by atoms with Gasteiger partial charge in [0.15, 0.2) is 0 Å². The van der Waals surface area contributed by atoms with Gasteiger partial charge in [0.05, 0.1) is 18.5 Å². The summed E-state index contributed by atoms with van der Waals surface area (Å²) in [5, 5.41) is 2.72. The molecule has 20 heavy (non-hydrogen) atoms. The molecule has 0 bridgehead atoms. The molecule has 1 heterocycles. The molecule has 1 aromatic rings. The lowest BCUT2D eigenvalue weighted by atomic mass is 10.3. The Morgan fingerprint density at radius 2 is 2.10 bits per heavy atom. The molecule has 0 aliphatic rings. The van der Waals surface area contributed by atoms with E-state index in [-0.39, 0.29) is 24.9 Å². The summed E-state index contributed by atoms with van der Waals surface area (Å²) in [4.78, 5) is 15.8. The monoisotopic (exact) mass is 299 g/mol. The van der Waals surface area contributed by atoms with Gasteiger partial charge < -0.3 is 5.32 Å². The van der Waals surface area contributed by atoms with Crippen LogP contribution in [0.3, 0.4) is 0 Å². The summed E-state index contributed by atoms with van der Waals surface area (Å²) in [5.74, 6) is -0.190. The summed E-state index contributed by atoms with van der Waals surface area (Å²) in [7, 11) is -3.29. The summed E-state index contributed by atoms with van der Waals surface area (Å²) >= 11 is 0. The lowest BCUT2D eigenvalue weighted by molar-refractivity contribution is -0.121. The molecule has 1 aromatic heterocycles. The van der Waals surface area contributed by atoms with Crippen molar-refractivity contribution in [2.75, 3.05) is 12.8 Å². The maximum absolute atomic E-state index is 11.7. The van der Waals surface area contributed by atoms with Gasteiger partial charge in [-0.25, -0.2) is 8.42 Å². The Hall–Kier alpha value is -1.47. The zero-order valence-electron chi connectivity index (χ0n) is 12.0. The van der Waals surface area contributed by atoms with E-state index < -0.39 is 10.0 Å². The number of hydrogen-bond acceptors (Lipinski definition) is 4. The number of nitrogens with zero attached hydrogens (tertiary/aromatic N) is 2. The lowest BCUT2D eigenvalue weighted by Gasteiger charge is -2.23. The van der Waals surface area contributed by atoms with E-state index in [9.17, 15) is 13.2 Å². The second kappa shape index (κ2) is 7.35. The maximum atomic E-state index is 11.7. The van der Waals surface area contributed by atoms with Crippen LogP contribution in [-0.4, -0.2) is 42.5 Å². The Balaban J connectivity index is 2.43. The van der Waals surface area contributed by atoms with Crippen LogP contribution >= 0.6 is 0 Å². The molecular weight excluding hydrogens is 278 g/mol. The third kappa shape index (κ3) is 5.66. The quantitative estimate of drug-likeness (QED) is 0.806. The van der Waals surface area contributed by atoms with Crippen molar-refractivity contribution in [2.45, 2.75) is 32.9 Å². The third-order valence-corrected chi connectivity index (χ3v) is 4.21. The van der Waals surface area contributed by atoms with Gasteiger partial charge in [0.2, 0.25) is 15.9 Å². The lowest BCUT2D eigenvalue weighted by Crippen LogP contribution is -2.39. The van der Waals surface area contributed by atoms with Gasteiger partial charge in [-0.2, -0.15) is 4.31 Å². The Bertz CT molecular complexity index is 529. The zero-order chi connectivity index (χ0) is 15.2. The number of amides is 1. The van der Waals surface area contributed by atoms with Crippen LogP contribution in [0.4, 0.5) is 0 Å². The summed E-state index contributed by atoms with van der Waals surface area (Å²) in [6, 6.07) is 5.31. The standard InChI is InChI=1S/C13H21N3O3S/c1-11(2)16(20(3,18)19)9-7-13(17)15-10-12-6-4-5-8-14-12/h4-6,8,11H,7,9-10H2,1-3H3,(H,15,17). The van der Waals surface area contributed by atoms with Crippen molar-refractivity contribution in [3.05, 3.63) is 30.1 Å². The van der Waals surface area contributed by atoms with Crippen LogP contribution < -0.4 is 5.32 Å². The number of sulfonamides is 1. The highest BCUT2D eigenvalue weighted by atomic mass is 32.2. The molecular formula is C13H21N3O3S. The van der Waals surface area contributed by atoms with E-state index in [0.29, 0.717) is 6.54 Å². The number of rotatable bonds is 7. The number of carbonyl (C=O) groups is 1. The second-order valence-electron chi connectivity index (χ2n) is 4.82. The first-order valence-electron chi connectivity index (χ1n) is 6.44. The first-order valence-corrected chi connectivity index (χ1v) is 8.29. The largest absolute Gasteiger partial charge is 0.350 e. The highest BCUT2D eigenvalue weighted by Crippen LogP contribution is 2.06. The van der Waals surface area contributed by atoms with Crippen molar-refractivity contribution < 1.29 is 13.2 Å². The van der Waals surface area contributed by atoms with Crippen LogP contribution in [-0.2, 0) is 21.4 Å². The fourth-order valence-corrected chi connectivity index (χ4v) is 2.99. The van der Waals surface area contributed by atoms with Gasteiger partial charge in [-0.3, -0.25) is 9.78 Å². The van der Waals surface area contributed by atoms with Crippen molar-refractivity contribution >= 4 is 15.9 Å². The number of carbonyl (C=O) groups excluding carboxylic acids is 1. The van der Waals surface area contributed by atoms with Gasteiger partial charge in [0.25, 0.3) is 0 Å². The minimum absolute atomic E-state index is 0.137. The molecule has 112 valence electrons. The van der Waals surface area contributed by atoms with Crippen LogP contribution in [0.5, 0.6) is 0 Å². The fraction of sp³-hybridized carbons (Fsp3) is 0.538. The number of hydrogen-bond donors (Lipinski definition) is 1. The van der Waals surface area contributed by atoms with Crippen molar-refractivity contribution in [3.63, 3.8) is 0 Å². The Kier molecular flexibility index (Phi) is 6.09. The van der Waals surface area contributed by atoms with Crippen molar-refractivity contribution in [1.82, 2.24) is 14.6 Å². The SMILES string of the molecule is CC(C)N(CCC(=O)NCc1ccccn1)S(C)(=O)=O. The summed E-state index contributed by atoms with van der Waals surface area (Å²) in [6.07, 6.45) is 2.95. The normalized spacial score (nSPS) is 11.8. The van der Waals surface area contributed by atoms with Gasteiger partial charge in [0.1, 0.15) is 0 Å². The minimum atomic E-state index is -3.29. The molecule has 1 rings (SSSR count). The first-order chi connectivity index (χ1) is 9.30. The molecule has 1 amide bonds. The molecule has 6 nitrogen and oxygen atoms in total. The van der Waals surface area contributed by atoms with E-state index in [4.69, 9.17) is 0 Å². The Morgan fingerprint density at radius 1 is 1.40 bits per heavy atom. The smallest absolute Gasteiger partial charge is 0.221 e. The molecule has 0 spiro atoms. The number of aromatic nitrogens is 1. The molecule has 0 fully saturated rings. The van der Waals surface area contributed by atoms with E-state index in [1.165, 1.54) is 4.31 Å². The van der Waals surface area contributed by atoms with Gasteiger partial charge in [0, 0.05) is 25.2 Å². The van der Waals surface area contributed by atoms with Crippen molar-refractivity contribution in [2.24, 2.45) is 0 Å². The van der Waals surface area contributed by atoms with E-state index in [1.54, 1.807) is 26.1 Å². The predicted octanol–water partition coefficient (Wildman–Crippen LogP) is 0.758. The van der Waals surface area contributed by atoms with E-state index in [1.807, 2.05) is 12.1 Å².